The van der Waals surface area contributed by atoms with Gasteiger partial charge in [-0.2, -0.15) is 5.10 Å². The summed E-state index contributed by atoms with van der Waals surface area (Å²) in [7, 11) is 0. The highest BCUT2D eigenvalue weighted by atomic mass is 19.3. The first-order valence-electron chi connectivity index (χ1n) is 5.05. The SMILES string of the molecule is CCc1ccc(C(=O)N/N=C(\N)C(F)F)cc1. The summed E-state index contributed by atoms with van der Waals surface area (Å²) in [5.41, 5.74) is 8.26. The molecular weight excluding hydrogens is 228 g/mol. The number of rotatable bonds is 4. The number of benzene rings is 1. The standard InChI is InChI=1S/C11H13F2N3O/c1-2-7-3-5-8(6-4-7)11(17)16-15-10(14)9(12)13/h3-6,9H,2H2,1H3,(H2,14,15)(H,16,17). The van der Waals surface area contributed by atoms with Crippen molar-refractivity contribution in [2.45, 2.75) is 19.8 Å². The molecule has 0 aromatic heterocycles. The second kappa shape index (κ2) is 5.93. The molecule has 0 aliphatic carbocycles. The third-order valence-corrected chi connectivity index (χ3v) is 2.13. The van der Waals surface area contributed by atoms with Gasteiger partial charge in [0.1, 0.15) is 0 Å². The van der Waals surface area contributed by atoms with Gasteiger partial charge in [-0.05, 0) is 24.1 Å². The van der Waals surface area contributed by atoms with Crippen molar-refractivity contribution in [3.05, 3.63) is 35.4 Å². The first-order valence-corrected chi connectivity index (χ1v) is 5.05. The van der Waals surface area contributed by atoms with Crippen LogP contribution in [0.3, 0.4) is 0 Å². The minimum Gasteiger partial charge on any atom is -0.381 e. The van der Waals surface area contributed by atoms with Crippen molar-refractivity contribution < 1.29 is 13.6 Å². The minimum atomic E-state index is -2.88. The third kappa shape index (κ3) is 3.82. The number of hydrogen-bond donors (Lipinski definition) is 2. The van der Waals surface area contributed by atoms with Crippen LogP contribution in [0.15, 0.2) is 29.4 Å². The molecule has 0 saturated carbocycles. The predicted molar refractivity (Wildman–Crippen MR) is 60.9 cm³/mol. The summed E-state index contributed by atoms with van der Waals surface area (Å²) < 4.78 is 23.9. The first-order chi connectivity index (χ1) is 8.04. The molecule has 4 nitrogen and oxygen atoms in total. The topological polar surface area (TPSA) is 67.5 Å². The highest BCUT2D eigenvalue weighted by molar-refractivity contribution is 5.95. The molecule has 0 spiro atoms. The van der Waals surface area contributed by atoms with Gasteiger partial charge in [0, 0.05) is 5.56 Å². The number of alkyl halides is 2. The summed E-state index contributed by atoms with van der Waals surface area (Å²) in [4.78, 5) is 11.5. The van der Waals surface area contributed by atoms with Gasteiger partial charge >= 0.3 is 0 Å². The Labute approximate surface area is 97.5 Å². The van der Waals surface area contributed by atoms with E-state index in [0.29, 0.717) is 5.56 Å². The fourth-order valence-electron chi connectivity index (χ4n) is 1.12. The number of nitrogens with one attached hydrogen (secondary N) is 1. The van der Waals surface area contributed by atoms with Gasteiger partial charge in [0.2, 0.25) is 0 Å². The molecule has 0 aliphatic rings. The molecule has 3 N–H and O–H groups in total. The predicted octanol–water partition coefficient (Wildman–Crippen LogP) is 1.52. The van der Waals surface area contributed by atoms with Crippen LogP contribution in [0, 0.1) is 0 Å². The number of hydrogen-bond acceptors (Lipinski definition) is 2. The van der Waals surface area contributed by atoms with Gasteiger partial charge < -0.3 is 5.73 Å². The van der Waals surface area contributed by atoms with E-state index in [1.54, 1.807) is 24.3 Å². The zero-order valence-corrected chi connectivity index (χ0v) is 9.28. The number of aryl methyl sites for hydroxylation is 1. The Hall–Kier alpha value is -1.98. The molecule has 0 bridgehead atoms. The molecule has 1 aromatic carbocycles. The molecule has 0 fully saturated rings. The number of amidine groups is 1. The molecule has 0 radical (unpaired) electrons. The van der Waals surface area contributed by atoms with E-state index in [1.165, 1.54) is 0 Å². The van der Waals surface area contributed by atoms with E-state index in [9.17, 15) is 13.6 Å². The maximum Gasteiger partial charge on any atom is 0.296 e. The number of amides is 1. The van der Waals surface area contributed by atoms with Crippen molar-refractivity contribution >= 4 is 11.7 Å². The van der Waals surface area contributed by atoms with Gasteiger partial charge in [-0.15, -0.1) is 0 Å². The molecule has 1 aromatic rings. The molecule has 0 saturated heterocycles. The van der Waals surface area contributed by atoms with Crippen molar-refractivity contribution in [2.75, 3.05) is 0 Å². The second-order valence-corrected chi connectivity index (χ2v) is 3.33. The molecule has 6 heteroatoms. The first kappa shape index (κ1) is 13.1. The van der Waals surface area contributed by atoms with Gasteiger partial charge in [-0.25, -0.2) is 14.2 Å². The molecule has 0 heterocycles. The van der Waals surface area contributed by atoms with Gasteiger partial charge in [-0.1, -0.05) is 19.1 Å². The second-order valence-electron chi connectivity index (χ2n) is 3.33. The monoisotopic (exact) mass is 241 g/mol. The van der Waals surface area contributed by atoms with Crippen molar-refractivity contribution in [1.82, 2.24) is 5.43 Å². The van der Waals surface area contributed by atoms with E-state index in [2.05, 4.69) is 5.10 Å². The average molecular weight is 241 g/mol. The number of carbonyl (C=O) groups excluding carboxylic acids is 1. The maximum atomic E-state index is 12.0. The van der Waals surface area contributed by atoms with Crippen molar-refractivity contribution in [1.29, 1.82) is 0 Å². The van der Waals surface area contributed by atoms with Gasteiger partial charge in [0.05, 0.1) is 0 Å². The Kier molecular flexibility index (Phi) is 4.56. The Bertz CT molecular complexity index is 415. The number of nitrogens with two attached hydrogens (primary N) is 1. The Balaban J connectivity index is 2.67. The molecule has 0 aliphatic heterocycles. The van der Waals surface area contributed by atoms with E-state index in [1.807, 2.05) is 12.3 Å². The number of halogens is 2. The summed E-state index contributed by atoms with van der Waals surface area (Å²) in [6.07, 6.45) is -2.02. The van der Waals surface area contributed by atoms with E-state index >= 15 is 0 Å². The van der Waals surface area contributed by atoms with Crippen LogP contribution < -0.4 is 11.2 Å². The van der Waals surface area contributed by atoms with Crippen LogP contribution in [0.2, 0.25) is 0 Å². The average Bonchev–Trinajstić information content (AvgIpc) is 2.35. The smallest absolute Gasteiger partial charge is 0.296 e. The molecular formula is C11H13F2N3O. The number of hydrazone groups is 1. The van der Waals surface area contributed by atoms with Crippen molar-refractivity contribution in [3.8, 4) is 0 Å². The van der Waals surface area contributed by atoms with Gasteiger partial charge in [0.25, 0.3) is 12.3 Å². The van der Waals surface area contributed by atoms with E-state index in [0.717, 1.165) is 12.0 Å². The summed E-state index contributed by atoms with van der Waals surface area (Å²) in [6.45, 7) is 1.99. The lowest BCUT2D eigenvalue weighted by Gasteiger charge is -2.02. The zero-order chi connectivity index (χ0) is 12.8. The fourth-order valence-corrected chi connectivity index (χ4v) is 1.12. The minimum absolute atomic E-state index is 0.341. The maximum absolute atomic E-state index is 12.0. The largest absolute Gasteiger partial charge is 0.381 e. The van der Waals surface area contributed by atoms with E-state index in [-0.39, 0.29) is 0 Å². The van der Waals surface area contributed by atoms with Gasteiger partial charge in [0.15, 0.2) is 5.84 Å². The zero-order valence-electron chi connectivity index (χ0n) is 9.28. The van der Waals surface area contributed by atoms with Crippen LogP contribution in [0.25, 0.3) is 0 Å². The van der Waals surface area contributed by atoms with Gasteiger partial charge in [-0.3, -0.25) is 4.79 Å². The van der Waals surface area contributed by atoms with Crippen LogP contribution in [-0.4, -0.2) is 18.2 Å². The number of carbonyl (C=O) groups is 1. The molecule has 0 unspecified atom stereocenters. The Morgan fingerprint density at radius 1 is 1.41 bits per heavy atom. The van der Waals surface area contributed by atoms with Crippen LogP contribution in [0.4, 0.5) is 8.78 Å². The summed E-state index contributed by atoms with van der Waals surface area (Å²) in [5, 5.41) is 3.09. The normalized spacial score (nSPS) is 11.6. The van der Waals surface area contributed by atoms with Crippen LogP contribution in [0.1, 0.15) is 22.8 Å². The quantitative estimate of drug-likeness (QED) is 0.476. The number of nitrogens with zero attached hydrogens (tertiary/aromatic N) is 1. The highest BCUT2D eigenvalue weighted by Gasteiger charge is 2.09. The molecule has 1 rings (SSSR count). The molecule has 1 amide bonds. The summed E-state index contributed by atoms with van der Waals surface area (Å²) >= 11 is 0. The third-order valence-electron chi connectivity index (χ3n) is 2.13. The Morgan fingerprint density at radius 2 is 2.00 bits per heavy atom. The van der Waals surface area contributed by atoms with Crippen LogP contribution in [0.5, 0.6) is 0 Å². The molecule has 0 atom stereocenters. The van der Waals surface area contributed by atoms with Crippen LogP contribution in [-0.2, 0) is 6.42 Å². The molecule has 17 heavy (non-hydrogen) atoms. The van der Waals surface area contributed by atoms with E-state index in [4.69, 9.17) is 5.73 Å². The fraction of sp³-hybridized carbons (Fsp3) is 0.273. The summed E-state index contributed by atoms with van der Waals surface area (Å²) in [5.74, 6) is -1.49. The highest BCUT2D eigenvalue weighted by Crippen LogP contribution is 2.04. The van der Waals surface area contributed by atoms with Crippen molar-refractivity contribution in [2.24, 2.45) is 10.8 Å². The lowest BCUT2D eigenvalue weighted by molar-refractivity contribution is 0.0954. The lowest BCUT2D eigenvalue weighted by Crippen LogP contribution is -2.27. The van der Waals surface area contributed by atoms with E-state index < -0.39 is 18.2 Å². The summed E-state index contributed by atoms with van der Waals surface area (Å²) in [6, 6.07) is 6.77. The molecule has 92 valence electrons. The Morgan fingerprint density at radius 3 is 2.47 bits per heavy atom. The van der Waals surface area contributed by atoms with Crippen molar-refractivity contribution in [3.63, 3.8) is 0 Å². The lowest BCUT2D eigenvalue weighted by atomic mass is 10.1. The van der Waals surface area contributed by atoms with Crippen LogP contribution >= 0.6 is 0 Å².